The average molecular weight is 379 g/mol. The second kappa shape index (κ2) is 7.82. The molecular formula is C18H16F3N3OS. The van der Waals surface area contributed by atoms with Crippen molar-refractivity contribution in [2.24, 2.45) is 0 Å². The van der Waals surface area contributed by atoms with Gasteiger partial charge in [0.05, 0.1) is 5.69 Å². The smallest absolute Gasteiger partial charge is 0.422 e. The second-order valence-electron chi connectivity index (χ2n) is 5.51. The molecule has 4 nitrogen and oxygen atoms in total. The highest BCUT2D eigenvalue weighted by atomic mass is 32.2. The molecule has 2 aromatic heterocycles. The predicted octanol–water partition coefficient (Wildman–Crippen LogP) is 5.01. The first-order valence-corrected chi connectivity index (χ1v) is 8.78. The molecule has 0 aliphatic heterocycles. The molecule has 1 aromatic carbocycles. The average Bonchev–Trinajstić information content (AvgIpc) is 3.14. The van der Waals surface area contributed by atoms with Crippen LogP contribution in [0.25, 0.3) is 11.4 Å². The molecule has 0 saturated heterocycles. The van der Waals surface area contributed by atoms with E-state index < -0.39 is 12.8 Å². The van der Waals surface area contributed by atoms with E-state index in [0.717, 1.165) is 16.3 Å². The number of aromatic amines is 1. The predicted molar refractivity (Wildman–Crippen MR) is 94.1 cm³/mol. The van der Waals surface area contributed by atoms with Crippen LogP contribution < -0.4 is 4.74 Å². The number of hydrogen-bond acceptors (Lipinski definition) is 4. The zero-order valence-corrected chi connectivity index (χ0v) is 14.7. The number of H-pyrrole nitrogens is 1. The molecule has 1 N–H and O–H groups in total. The van der Waals surface area contributed by atoms with Crippen LogP contribution in [-0.2, 0) is 5.75 Å². The van der Waals surface area contributed by atoms with Gasteiger partial charge in [0.2, 0.25) is 0 Å². The lowest BCUT2D eigenvalue weighted by atomic mass is 10.2. The molecular weight excluding hydrogens is 363 g/mol. The van der Waals surface area contributed by atoms with E-state index in [1.807, 2.05) is 24.3 Å². The summed E-state index contributed by atoms with van der Waals surface area (Å²) in [7, 11) is 0. The van der Waals surface area contributed by atoms with Crippen LogP contribution in [0.3, 0.4) is 0 Å². The standard InChI is InChI=1S/C18H16F3N3OS/c1-12-14(22-7-6-15(12)25-11-18(19,20)21)10-26-16-5-3-2-4-13(16)17-23-8-9-24-17/h2-9H,10-11H2,1H3,(H,23,24). The Labute approximate surface area is 152 Å². The number of benzene rings is 1. The van der Waals surface area contributed by atoms with Crippen molar-refractivity contribution in [3.63, 3.8) is 0 Å². The van der Waals surface area contributed by atoms with Crippen molar-refractivity contribution in [3.8, 4) is 17.1 Å². The van der Waals surface area contributed by atoms with Crippen molar-refractivity contribution in [2.45, 2.75) is 23.7 Å². The Morgan fingerprint density at radius 3 is 2.65 bits per heavy atom. The number of hydrogen-bond donors (Lipinski definition) is 1. The third kappa shape index (κ3) is 4.57. The van der Waals surface area contributed by atoms with Gasteiger partial charge < -0.3 is 9.72 Å². The normalized spacial score (nSPS) is 11.5. The van der Waals surface area contributed by atoms with E-state index >= 15 is 0 Å². The molecule has 0 fully saturated rings. The van der Waals surface area contributed by atoms with Gasteiger partial charge in [-0.3, -0.25) is 4.98 Å². The summed E-state index contributed by atoms with van der Waals surface area (Å²) in [6, 6.07) is 9.24. The minimum Gasteiger partial charge on any atom is -0.484 e. The summed E-state index contributed by atoms with van der Waals surface area (Å²) < 4.78 is 42.0. The van der Waals surface area contributed by atoms with Gasteiger partial charge in [0.25, 0.3) is 0 Å². The molecule has 0 spiro atoms. The molecule has 0 aliphatic carbocycles. The molecule has 3 aromatic rings. The lowest BCUT2D eigenvalue weighted by Gasteiger charge is -2.13. The van der Waals surface area contributed by atoms with Crippen LogP contribution in [-0.4, -0.2) is 27.7 Å². The van der Waals surface area contributed by atoms with E-state index in [1.54, 1.807) is 31.1 Å². The Morgan fingerprint density at radius 2 is 1.92 bits per heavy atom. The molecule has 26 heavy (non-hydrogen) atoms. The molecule has 3 rings (SSSR count). The molecule has 0 radical (unpaired) electrons. The van der Waals surface area contributed by atoms with Gasteiger partial charge in [0.15, 0.2) is 6.61 Å². The number of halogens is 3. The highest BCUT2D eigenvalue weighted by Gasteiger charge is 2.28. The van der Waals surface area contributed by atoms with Gasteiger partial charge in [-0.05, 0) is 19.1 Å². The number of thioether (sulfide) groups is 1. The number of imidazole rings is 1. The zero-order chi connectivity index (χ0) is 18.6. The SMILES string of the molecule is Cc1c(OCC(F)(F)F)ccnc1CSc1ccccc1-c1ncc[nH]1. The maximum Gasteiger partial charge on any atom is 0.422 e. The van der Waals surface area contributed by atoms with Crippen LogP contribution in [0, 0.1) is 6.92 Å². The summed E-state index contributed by atoms with van der Waals surface area (Å²) in [5.41, 5.74) is 2.26. The molecule has 136 valence electrons. The minimum atomic E-state index is -4.37. The number of nitrogens with one attached hydrogen (secondary N) is 1. The Hall–Kier alpha value is -2.48. The largest absolute Gasteiger partial charge is 0.484 e. The molecule has 0 atom stereocenters. The lowest BCUT2D eigenvalue weighted by Crippen LogP contribution is -2.19. The van der Waals surface area contributed by atoms with Crippen LogP contribution >= 0.6 is 11.8 Å². The van der Waals surface area contributed by atoms with Gasteiger partial charge in [-0.2, -0.15) is 13.2 Å². The van der Waals surface area contributed by atoms with Crippen molar-refractivity contribution < 1.29 is 17.9 Å². The second-order valence-corrected chi connectivity index (χ2v) is 6.52. The Kier molecular flexibility index (Phi) is 5.51. The molecule has 2 heterocycles. The van der Waals surface area contributed by atoms with E-state index in [2.05, 4.69) is 15.0 Å². The van der Waals surface area contributed by atoms with Gasteiger partial charge >= 0.3 is 6.18 Å². The number of pyridine rings is 1. The number of rotatable bonds is 6. The Balaban J connectivity index is 1.75. The maximum atomic E-state index is 12.4. The van der Waals surface area contributed by atoms with E-state index in [4.69, 9.17) is 4.74 Å². The monoisotopic (exact) mass is 379 g/mol. The summed E-state index contributed by atoms with van der Waals surface area (Å²) >= 11 is 1.54. The Morgan fingerprint density at radius 1 is 1.12 bits per heavy atom. The third-order valence-electron chi connectivity index (χ3n) is 3.65. The van der Waals surface area contributed by atoms with Crippen LogP contribution in [0.5, 0.6) is 5.75 Å². The molecule has 0 bridgehead atoms. The highest BCUT2D eigenvalue weighted by Crippen LogP contribution is 2.33. The van der Waals surface area contributed by atoms with Crippen LogP contribution in [0.2, 0.25) is 0 Å². The minimum absolute atomic E-state index is 0.201. The van der Waals surface area contributed by atoms with Gasteiger partial charge in [0, 0.05) is 40.4 Å². The van der Waals surface area contributed by atoms with Gasteiger partial charge in [-0.15, -0.1) is 11.8 Å². The fourth-order valence-corrected chi connectivity index (χ4v) is 3.45. The van der Waals surface area contributed by atoms with Crippen molar-refractivity contribution in [2.75, 3.05) is 6.61 Å². The first kappa shape index (κ1) is 18.3. The Bertz CT molecular complexity index is 866. The maximum absolute atomic E-state index is 12.4. The van der Waals surface area contributed by atoms with E-state index in [1.165, 1.54) is 12.3 Å². The van der Waals surface area contributed by atoms with E-state index in [-0.39, 0.29) is 5.75 Å². The number of alkyl halides is 3. The number of ether oxygens (including phenoxy) is 1. The third-order valence-corrected chi connectivity index (χ3v) is 4.74. The first-order chi connectivity index (χ1) is 12.4. The zero-order valence-electron chi connectivity index (χ0n) is 13.9. The molecule has 0 aliphatic rings. The number of nitrogens with zero attached hydrogens (tertiary/aromatic N) is 2. The molecule has 8 heteroatoms. The molecule has 0 saturated carbocycles. The van der Waals surface area contributed by atoms with Crippen molar-refractivity contribution in [1.82, 2.24) is 15.0 Å². The van der Waals surface area contributed by atoms with Crippen molar-refractivity contribution in [1.29, 1.82) is 0 Å². The summed E-state index contributed by atoms with van der Waals surface area (Å²) in [6.45, 7) is 0.402. The summed E-state index contributed by atoms with van der Waals surface area (Å²) in [5.74, 6) is 1.47. The van der Waals surface area contributed by atoms with Crippen LogP contribution in [0.4, 0.5) is 13.2 Å². The summed E-state index contributed by atoms with van der Waals surface area (Å²) in [4.78, 5) is 12.6. The van der Waals surface area contributed by atoms with E-state index in [9.17, 15) is 13.2 Å². The van der Waals surface area contributed by atoms with Gasteiger partial charge in [-0.25, -0.2) is 4.98 Å². The van der Waals surface area contributed by atoms with E-state index in [0.29, 0.717) is 17.0 Å². The van der Waals surface area contributed by atoms with Crippen molar-refractivity contribution >= 4 is 11.8 Å². The number of aromatic nitrogens is 3. The summed E-state index contributed by atoms with van der Waals surface area (Å²) in [5, 5.41) is 0. The first-order valence-electron chi connectivity index (χ1n) is 7.79. The van der Waals surface area contributed by atoms with Gasteiger partial charge in [0.1, 0.15) is 11.6 Å². The molecule has 0 amide bonds. The van der Waals surface area contributed by atoms with Crippen LogP contribution in [0.1, 0.15) is 11.3 Å². The van der Waals surface area contributed by atoms with Crippen molar-refractivity contribution in [3.05, 3.63) is 60.2 Å². The highest BCUT2D eigenvalue weighted by molar-refractivity contribution is 7.98. The van der Waals surface area contributed by atoms with Crippen LogP contribution in [0.15, 0.2) is 53.8 Å². The topological polar surface area (TPSA) is 50.8 Å². The fraction of sp³-hybridized carbons (Fsp3) is 0.222. The summed E-state index contributed by atoms with van der Waals surface area (Å²) in [6.07, 6.45) is 0.535. The lowest BCUT2D eigenvalue weighted by molar-refractivity contribution is -0.153. The fourth-order valence-electron chi connectivity index (χ4n) is 2.37. The quantitative estimate of drug-likeness (QED) is 0.612. The molecule has 0 unspecified atom stereocenters. The van der Waals surface area contributed by atoms with Gasteiger partial charge in [-0.1, -0.05) is 18.2 Å².